The van der Waals surface area contributed by atoms with Gasteiger partial charge in [-0.05, 0) is 44.2 Å². The van der Waals surface area contributed by atoms with Crippen LogP contribution in [0.15, 0.2) is 36.5 Å². The highest BCUT2D eigenvalue weighted by Crippen LogP contribution is 2.35. The Labute approximate surface area is 171 Å². The smallest absolute Gasteiger partial charge is 0.248 e. The SMILES string of the molecule is CC(C)Oc1ccc(C(N)=O)cc1Nc1nc2c(ccc3c2cnn3C)s1.Cl. The van der Waals surface area contributed by atoms with Crippen molar-refractivity contribution in [3.05, 3.63) is 42.1 Å². The summed E-state index contributed by atoms with van der Waals surface area (Å²) in [4.78, 5) is 16.3. The van der Waals surface area contributed by atoms with Crippen LogP contribution in [0.5, 0.6) is 5.75 Å². The van der Waals surface area contributed by atoms with Gasteiger partial charge in [0.2, 0.25) is 5.91 Å². The molecule has 0 saturated carbocycles. The van der Waals surface area contributed by atoms with E-state index in [9.17, 15) is 4.79 Å². The number of thiazole rings is 1. The minimum atomic E-state index is -0.490. The van der Waals surface area contributed by atoms with Crippen LogP contribution in [0.1, 0.15) is 24.2 Å². The van der Waals surface area contributed by atoms with Crippen LogP contribution in [0.25, 0.3) is 21.1 Å². The summed E-state index contributed by atoms with van der Waals surface area (Å²) in [6.07, 6.45) is 1.82. The van der Waals surface area contributed by atoms with Crippen molar-refractivity contribution in [2.24, 2.45) is 12.8 Å². The van der Waals surface area contributed by atoms with Gasteiger partial charge in [-0.15, -0.1) is 12.4 Å². The maximum atomic E-state index is 11.6. The molecule has 0 aliphatic rings. The first-order valence-electron chi connectivity index (χ1n) is 8.51. The number of amides is 1. The molecule has 0 fully saturated rings. The second-order valence-corrected chi connectivity index (χ2v) is 7.53. The quantitative estimate of drug-likeness (QED) is 0.506. The summed E-state index contributed by atoms with van der Waals surface area (Å²) in [5.74, 6) is 0.149. The van der Waals surface area contributed by atoms with Gasteiger partial charge in [0, 0.05) is 18.0 Å². The van der Waals surface area contributed by atoms with Gasteiger partial charge in [0.25, 0.3) is 0 Å². The van der Waals surface area contributed by atoms with Gasteiger partial charge in [-0.1, -0.05) is 11.3 Å². The normalized spacial score (nSPS) is 11.0. The fourth-order valence-electron chi connectivity index (χ4n) is 2.93. The molecule has 0 radical (unpaired) electrons. The zero-order valence-corrected chi connectivity index (χ0v) is 17.2. The molecule has 2 aromatic carbocycles. The summed E-state index contributed by atoms with van der Waals surface area (Å²) in [6.45, 7) is 3.89. The number of hydrogen-bond donors (Lipinski definition) is 2. The molecule has 0 spiro atoms. The van der Waals surface area contributed by atoms with Crippen LogP contribution in [0, 0.1) is 0 Å². The molecule has 0 unspecified atom stereocenters. The number of nitrogens with zero attached hydrogens (tertiary/aromatic N) is 3. The number of nitrogens with one attached hydrogen (secondary N) is 1. The zero-order chi connectivity index (χ0) is 19.1. The number of benzene rings is 2. The summed E-state index contributed by atoms with van der Waals surface area (Å²) in [5.41, 5.74) is 8.41. The number of nitrogens with two attached hydrogens (primary N) is 1. The summed E-state index contributed by atoms with van der Waals surface area (Å²) < 4.78 is 8.73. The van der Waals surface area contributed by atoms with E-state index in [1.165, 1.54) is 11.3 Å². The number of carbonyl (C=O) groups is 1. The molecule has 0 atom stereocenters. The molecular formula is C19H20ClN5O2S. The maximum absolute atomic E-state index is 11.6. The van der Waals surface area contributed by atoms with Crippen LogP contribution < -0.4 is 15.8 Å². The first-order valence-corrected chi connectivity index (χ1v) is 9.33. The van der Waals surface area contributed by atoms with Crippen molar-refractivity contribution < 1.29 is 9.53 Å². The maximum Gasteiger partial charge on any atom is 0.248 e. The average molecular weight is 418 g/mol. The molecule has 1 amide bonds. The molecule has 3 N–H and O–H groups in total. The van der Waals surface area contributed by atoms with Crippen LogP contribution in [-0.4, -0.2) is 26.8 Å². The second-order valence-electron chi connectivity index (χ2n) is 6.50. The predicted molar refractivity (Wildman–Crippen MR) is 115 cm³/mol. The largest absolute Gasteiger partial charge is 0.489 e. The number of aromatic nitrogens is 3. The van der Waals surface area contributed by atoms with Crippen molar-refractivity contribution in [1.82, 2.24) is 14.8 Å². The summed E-state index contributed by atoms with van der Waals surface area (Å²) in [5, 5.41) is 9.30. The van der Waals surface area contributed by atoms with Crippen LogP contribution in [0.2, 0.25) is 0 Å². The van der Waals surface area contributed by atoms with Crippen LogP contribution in [-0.2, 0) is 7.05 Å². The lowest BCUT2D eigenvalue weighted by Crippen LogP contribution is -2.12. The lowest BCUT2D eigenvalue weighted by molar-refractivity contribution is 0.100. The van der Waals surface area contributed by atoms with E-state index in [-0.39, 0.29) is 18.5 Å². The molecule has 0 aliphatic carbocycles. The Hall–Kier alpha value is -2.84. The Morgan fingerprint density at radius 2 is 2.07 bits per heavy atom. The molecule has 9 heteroatoms. The van der Waals surface area contributed by atoms with E-state index in [1.54, 1.807) is 18.2 Å². The summed E-state index contributed by atoms with van der Waals surface area (Å²) >= 11 is 1.53. The minimum absolute atomic E-state index is 0. The van der Waals surface area contributed by atoms with Gasteiger partial charge in [-0.25, -0.2) is 4.98 Å². The first kappa shape index (κ1) is 19.9. The van der Waals surface area contributed by atoms with E-state index >= 15 is 0 Å². The van der Waals surface area contributed by atoms with E-state index < -0.39 is 5.91 Å². The van der Waals surface area contributed by atoms with Crippen LogP contribution >= 0.6 is 23.7 Å². The third kappa shape index (κ3) is 3.61. The molecule has 28 heavy (non-hydrogen) atoms. The number of primary amides is 1. The number of hydrogen-bond acceptors (Lipinski definition) is 6. The molecule has 2 aromatic heterocycles. The summed E-state index contributed by atoms with van der Waals surface area (Å²) in [6, 6.07) is 9.16. The van der Waals surface area contributed by atoms with Gasteiger partial charge in [0.1, 0.15) is 5.75 Å². The Morgan fingerprint density at radius 3 is 2.79 bits per heavy atom. The lowest BCUT2D eigenvalue weighted by atomic mass is 10.1. The molecule has 0 aliphatic heterocycles. The highest BCUT2D eigenvalue weighted by Gasteiger charge is 2.14. The molecule has 7 nitrogen and oxygen atoms in total. The Morgan fingerprint density at radius 1 is 1.29 bits per heavy atom. The molecule has 0 bridgehead atoms. The van der Waals surface area contributed by atoms with E-state index in [0.29, 0.717) is 22.1 Å². The van der Waals surface area contributed by atoms with Gasteiger partial charge in [0.15, 0.2) is 5.13 Å². The fourth-order valence-corrected chi connectivity index (χ4v) is 3.82. The highest BCUT2D eigenvalue weighted by atomic mass is 35.5. The molecule has 4 aromatic rings. The summed E-state index contributed by atoms with van der Waals surface area (Å²) in [7, 11) is 1.91. The molecule has 146 valence electrons. The Kier molecular flexibility index (Phi) is 5.44. The third-order valence-corrected chi connectivity index (χ3v) is 5.09. The van der Waals surface area contributed by atoms with Gasteiger partial charge in [0.05, 0.1) is 33.7 Å². The molecular weight excluding hydrogens is 398 g/mol. The minimum Gasteiger partial charge on any atom is -0.489 e. The van der Waals surface area contributed by atoms with Gasteiger partial charge < -0.3 is 15.8 Å². The number of aryl methyl sites for hydroxylation is 1. The van der Waals surface area contributed by atoms with E-state index in [0.717, 1.165) is 21.1 Å². The van der Waals surface area contributed by atoms with Crippen LogP contribution in [0.4, 0.5) is 10.8 Å². The van der Waals surface area contributed by atoms with Crippen molar-refractivity contribution in [3.8, 4) is 5.75 Å². The van der Waals surface area contributed by atoms with Crippen molar-refractivity contribution in [3.63, 3.8) is 0 Å². The number of anilines is 2. The Bertz CT molecular complexity index is 1170. The van der Waals surface area contributed by atoms with Crippen LogP contribution in [0.3, 0.4) is 0 Å². The predicted octanol–water partition coefficient (Wildman–Crippen LogP) is 4.23. The molecule has 2 heterocycles. The van der Waals surface area contributed by atoms with Gasteiger partial charge in [-0.2, -0.15) is 5.10 Å². The van der Waals surface area contributed by atoms with Crippen molar-refractivity contribution in [1.29, 1.82) is 0 Å². The Balaban J connectivity index is 0.00000225. The van der Waals surface area contributed by atoms with Crippen molar-refractivity contribution in [2.75, 3.05) is 5.32 Å². The molecule has 4 rings (SSSR count). The first-order chi connectivity index (χ1) is 12.9. The topological polar surface area (TPSA) is 95.1 Å². The monoisotopic (exact) mass is 417 g/mol. The van der Waals surface area contributed by atoms with E-state index in [4.69, 9.17) is 15.5 Å². The number of halogens is 1. The van der Waals surface area contributed by atoms with Crippen molar-refractivity contribution in [2.45, 2.75) is 20.0 Å². The fraction of sp³-hybridized carbons (Fsp3) is 0.211. The third-order valence-electron chi connectivity index (χ3n) is 4.15. The van der Waals surface area contributed by atoms with E-state index in [1.807, 2.05) is 43.9 Å². The second kappa shape index (κ2) is 7.65. The average Bonchev–Trinajstić information content (AvgIpc) is 3.19. The molecule has 0 saturated heterocycles. The number of fused-ring (bicyclic) bond motifs is 3. The van der Waals surface area contributed by atoms with Gasteiger partial charge >= 0.3 is 0 Å². The highest BCUT2D eigenvalue weighted by molar-refractivity contribution is 7.22. The standard InChI is InChI=1S/C19H19N5O2S.ClH/c1-10(2)26-15-6-4-11(18(20)25)8-13(15)22-19-23-17-12-9-21-24(3)14(12)5-7-16(17)27-19;/h4-10H,1-3H3,(H2,20,25)(H,22,23);1H. The van der Waals surface area contributed by atoms with E-state index in [2.05, 4.69) is 10.4 Å². The lowest BCUT2D eigenvalue weighted by Gasteiger charge is -2.15. The number of carbonyl (C=O) groups excluding carboxylic acids is 1. The van der Waals surface area contributed by atoms with Gasteiger partial charge in [-0.3, -0.25) is 9.48 Å². The number of rotatable bonds is 5. The number of ether oxygens (including phenoxy) is 1. The zero-order valence-electron chi connectivity index (χ0n) is 15.6. The van der Waals surface area contributed by atoms with Crippen molar-refractivity contribution >= 4 is 61.6 Å².